The van der Waals surface area contributed by atoms with Crippen molar-refractivity contribution in [2.45, 2.75) is 26.3 Å². The summed E-state index contributed by atoms with van der Waals surface area (Å²) in [6, 6.07) is 5.77. The largest absolute Gasteiger partial charge is 0.344 e. The predicted octanol–water partition coefficient (Wildman–Crippen LogP) is 2.11. The van der Waals surface area contributed by atoms with Crippen LogP contribution < -0.4 is 5.73 Å². The Bertz CT molecular complexity index is 404. The standard InChI is InChI=1S/C13H19BrN2O/c1-9-4-5-12(14)8-11(9)6-7-16(3)13(17)10(2)15/h4-5,8,10H,6-7,15H2,1-3H3. The normalized spacial score (nSPS) is 12.3. The fourth-order valence-corrected chi connectivity index (χ4v) is 2.06. The molecule has 0 bridgehead atoms. The molecule has 0 radical (unpaired) electrons. The molecule has 0 aliphatic heterocycles. The molecule has 1 unspecified atom stereocenters. The molecule has 0 aromatic heterocycles. The second kappa shape index (κ2) is 6.17. The topological polar surface area (TPSA) is 46.3 Å². The van der Waals surface area contributed by atoms with E-state index in [1.807, 2.05) is 6.07 Å². The summed E-state index contributed by atoms with van der Waals surface area (Å²) in [5.74, 6) is -0.0161. The quantitative estimate of drug-likeness (QED) is 0.925. The van der Waals surface area contributed by atoms with E-state index < -0.39 is 6.04 Å². The first-order chi connectivity index (χ1) is 7.91. The number of rotatable bonds is 4. The molecule has 1 aromatic rings. The van der Waals surface area contributed by atoms with Gasteiger partial charge in [-0.3, -0.25) is 4.79 Å². The average Bonchev–Trinajstić information content (AvgIpc) is 2.28. The minimum Gasteiger partial charge on any atom is -0.344 e. The molecule has 3 nitrogen and oxygen atoms in total. The van der Waals surface area contributed by atoms with Crippen LogP contribution in [0.15, 0.2) is 22.7 Å². The van der Waals surface area contributed by atoms with Gasteiger partial charge in [-0.05, 0) is 43.5 Å². The highest BCUT2D eigenvalue weighted by atomic mass is 79.9. The zero-order valence-electron chi connectivity index (χ0n) is 10.5. The number of halogens is 1. The van der Waals surface area contributed by atoms with Crippen molar-refractivity contribution in [3.05, 3.63) is 33.8 Å². The van der Waals surface area contributed by atoms with Crippen molar-refractivity contribution in [1.82, 2.24) is 4.90 Å². The summed E-state index contributed by atoms with van der Waals surface area (Å²) in [5.41, 5.74) is 8.06. The van der Waals surface area contributed by atoms with Gasteiger partial charge in [-0.15, -0.1) is 0 Å². The van der Waals surface area contributed by atoms with Crippen molar-refractivity contribution >= 4 is 21.8 Å². The number of likely N-dealkylation sites (N-methyl/N-ethyl adjacent to an activating group) is 1. The van der Waals surface area contributed by atoms with Gasteiger partial charge in [-0.25, -0.2) is 0 Å². The Kier molecular flexibility index (Phi) is 5.15. The van der Waals surface area contributed by atoms with Crippen LogP contribution in [0, 0.1) is 6.92 Å². The molecule has 17 heavy (non-hydrogen) atoms. The summed E-state index contributed by atoms with van der Waals surface area (Å²) in [5, 5.41) is 0. The minimum atomic E-state index is -0.427. The molecule has 0 heterocycles. The van der Waals surface area contributed by atoms with E-state index in [1.165, 1.54) is 11.1 Å². The van der Waals surface area contributed by atoms with Gasteiger partial charge in [-0.2, -0.15) is 0 Å². The van der Waals surface area contributed by atoms with Gasteiger partial charge in [-0.1, -0.05) is 22.0 Å². The molecule has 0 saturated heterocycles. The molecule has 1 rings (SSSR count). The van der Waals surface area contributed by atoms with Crippen molar-refractivity contribution in [2.24, 2.45) is 5.73 Å². The van der Waals surface area contributed by atoms with Crippen LogP contribution in [0.4, 0.5) is 0 Å². The van der Waals surface area contributed by atoms with Crippen molar-refractivity contribution in [1.29, 1.82) is 0 Å². The van der Waals surface area contributed by atoms with E-state index in [4.69, 9.17) is 5.73 Å². The Hall–Kier alpha value is -0.870. The smallest absolute Gasteiger partial charge is 0.238 e. The fraction of sp³-hybridized carbons (Fsp3) is 0.462. The van der Waals surface area contributed by atoms with E-state index in [9.17, 15) is 4.79 Å². The summed E-state index contributed by atoms with van der Waals surface area (Å²) in [6.45, 7) is 4.48. The first-order valence-corrected chi connectivity index (χ1v) is 6.46. The molecular weight excluding hydrogens is 280 g/mol. The lowest BCUT2D eigenvalue weighted by Crippen LogP contribution is -2.40. The summed E-state index contributed by atoms with van der Waals surface area (Å²) in [6.07, 6.45) is 0.847. The van der Waals surface area contributed by atoms with Gasteiger partial charge in [0.15, 0.2) is 0 Å². The third kappa shape index (κ3) is 4.13. The Morgan fingerprint density at radius 1 is 1.53 bits per heavy atom. The molecule has 1 atom stereocenters. The molecule has 0 saturated carbocycles. The number of nitrogens with zero attached hydrogens (tertiary/aromatic N) is 1. The molecule has 0 aliphatic carbocycles. The van der Waals surface area contributed by atoms with Crippen LogP contribution in [0.1, 0.15) is 18.1 Å². The van der Waals surface area contributed by atoms with Crippen molar-refractivity contribution in [3.63, 3.8) is 0 Å². The maximum absolute atomic E-state index is 11.6. The van der Waals surface area contributed by atoms with E-state index in [0.717, 1.165) is 10.9 Å². The molecule has 0 spiro atoms. The lowest BCUT2D eigenvalue weighted by Gasteiger charge is -2.19. The van der Waals surface area contributed by atoms with Crippen LogP contribution in [0.5, 0.6) is 0 Å². The maximum Gasteiger partial charge on any atom is 0.238 e. The van der Waals surface area contributed by atoms with Gasteiger partial charge in [0.25, 0.3) is 0 Å². The highest BCUT2D eigenvalue weighted by molar-refractivity contribution is 9.10. The summed E-state index contributed by atoms with van der Waals surface area (Å²) in [4.78, 5) is 13.3. The van der Waals surface area contributed by atoms with Gasteiger partial charge in [0.1, 0.15) is 0 Å². The van der Waals surface area contributed by atoms with Crippen molar-refractivity contribution in [2.75, 3.05) is 13.6 Å². The molecule has 1 aromatic carbocycles. The zero-order chi connectivity index (χ0) is 13.0. The van der Waals surface area contributed by atoms with Gasteiger partial charge in [0.05, 0.1) is 6.04 Å². The monoisotopic (exact) mass is 298 g/mol. The lowest BCUT2D eigenvalue weighted by atomic mass is 10.1. The Balaban J connectivity index is 2.61. The summed E-state index contributed by atoms with van der Waals surface area (Å²) >= 11 is 3.45. The highest BCUT2D eigenvalue weighted by Gasteiger charge is 2.13. The van der Waals surface area contributed by atoms with Gasteiger partial charge < -0.3 is 10.6 Å². The average molecular weight is 299 g/mol. The van der Waals surface area contributed by atoms with Crippen molar-refractivity contribution < 1.29 is 4.79 Å². The lowest BCUT2D eigenvalue weighted by molar-refractivity contribution is -0.130. The van der Waals surface area contributed by atoms with Crippen LogP contribution >= 0.6 is 15.9 Å². The van der Waals surface area contributed by atoms with Crippen LogP contribution in [0.2, 0.25) is 0 Å². The minimum absolute atomic E-state index is 0.0161. The Labute approximate surface area is 111 Å². The number of hydrogen-bond acceptors (Lipinski definition) is 2. The molecular formula is C13H19BrN2O. The van der Waals surface area contributed by atoms with E-state index in [1.54, 1.807) is 18.9 Å². The first-order valence-electron chi connectivity index (χ1n) is 5.67. The molecule has 2 N–H and O–H groups in total. The molecule has 94 valence electrons. The van der Waals surface area contributed by atoms with Gasteiger partial charge >= 0.3 is 0 Å². The highest BCUT2D eigenvalue weighted by Crippen LogP contribution is 2.16. The van der Waals surface area contributed by atoms with Crippen LogP contribution in [0.25, 0.3) is 0 Å². The van der Waals surface area contributed by atoms with Crippen LogP contribution in [0.3, 0.4) is 0 Å². The number of benzene rings is 1. The Morgan fingerprint density at radius 3 is 2.76 bits per heavy atom. The number of carbonyl (C=O) groups is 1. The van der Waals surface area contributed by atoms with Gasteiger partial charge in [0.2, 0.25) is 5.91 Å². The fourth-order valence-electron chi connectivity index (χ4n) is 1.66. The first kappa shape index (κ1) is 14.2. The maximum atomic E-state index is 11.6. The summed E-state index contributed by atoms with van der Waals surface area (Å²) in [7, 11) is 1.79. The molecule has 4 heteroatoms. The summed E-state index contributed by atoms with van der Waals surface area (Å²) < 4.78 is 1.07. The predicted molar refractivity (Wildman–Crippen MR) is 73.9 cm³/mol. The number of hydrogen-bond donors (Lipinski definition) is 1. The molecule has 1 amide bonds. The van der Waals surface area contributed by atoms with Crippen LogP contribution in [-0.2, 0) is 11.2 Å². The zero-order valence-corrected chi connectivity index (χ0v) is 12.1. The SMILES string of the molecule is Cc1ccc(Br)cc1CCN(C)C(=O)C(C)N. The number of nitrogens with two attached hydrogens (primary N) is 1. The second-order valence-electron chi connectivity index (χ2n) is 4.37. The number of amides is 1. The third-order valence-corrected chi connectivity index (χ3v) is 3.29. The molecule has 0 aliphatic rings. The second-order valence-corrected chi connectivity index (χ2v) is 5.28. The number of aryl methyl sites for hydroxylation is 1. The van der Waals surface area contributed by atoms with Gasteiger partial charge in [0, 0.05) is 18.1 Å². The van der Waals surface area contributed by atoms with E-state index in [2.05, 4.69) is 35.0 Å². The van der Waals surface area contributed by atoms with E-state index in [-0.39, 0.29) is 5.91 Å². The Morgan fingerprint density at radius 2 is 2.18 bits per heavy atom. The van der Waals surface area contributed by atoms with E-state index >= 15 is 0 Å². The van der Waals surface area contributed by atoms with Crippen molar-refractivity contribution in [3.8, 4) is 0 Å². The van der Waals surface area contributed by atoms with E-state index in [0.29, 0.717) is 6.54 Å². The molecule has 0 fully saturated rings. The van der Waals surface area contributed by atoms with Crippen LogP contribution in [-0.4, -0.2) is 30.4 Å². The third-order valence-electron chi connectivity index (χ3n) is 2.79. The number of carbonyl (C=O) groups excluding carboxylic acids is 1.